The highest BCUT2D eigenvalue weighted by molar-refractivity contribution is 5.37. The normalized spacial score (nSPS) is 10.3. The van der Waals surface area contributed by atoms with Gasteiger partial charge in [0, 0.05) is 6.20 Å². The Morgan fingerprint density at radius 1 is 1.13 bits per heavy atom. The van der Waals surface area contributed by atoms with Crippen LogP contribution >= 0.6 is 0 Å². The fourth-order valence-electron chi connectivity index (χ4n) is 2.41. The van der Waals surface area contributed by atoms with Crippen LogP contribution in [0.4, 0.5) is 0 Å². The molecule has 0 aliphatic rings. The molecule has 0 unspecified atom stereocenters. The first-order valence-electron chi connectivity index (χ1n) is 8.06. The van der Waals surface area contributed by atoms with E-state index < -0.39 is 0 Å². The van der Waals surface area contributed by atoms with E-state index in [0.717, 1.165) is 18.4 Å². The Morgan fingerprint density at radius 2 is 1.96 bits per heavy atom. The van der Waals surface area contributed by atoms with E-state index in [1.807, 2.05) is 18.2 Å². The monoisotopic (exact) mass is 310 g/mol. The minimum absolute atomic E-state index is 0.157. The third-order valence-electron chi connectivity index (χ3n) is 3.72. The maximum absolute atomic E-state index is 12.4. The van der Waals surface area contributed by atoms with E-state index in [-0.39, 0.29) is 5.56 Å². The zero-order valence-corrected chi connectivity index (χ0v) is 13.5. The second kappa shape index (κ2) is 8.79. The predicted octanol–water partition coefficient (Wildman–Crippen LogP) is 3.73. The Labute approximate surface area is 137 Å². The van der Waals surface area contributed by atoms with Gasteiger partial charge in [0.05, 0.1) is 24.8 Å². The van der Waals surface area contributed by atoms with Gasteiger partial charge in [-0.3, -0.25) is 4.79 Å². The molecule has 1 aromatic heterocycles. The molecule has 2 aromatic rings. The number of nitriles is 1. The van der Waals surface area contributed by atoms with Crippen molar-refractivity contribution in [1.29, 1.82) is 5.26 Å². The third-order valence-corrected chi connectivity index (χ3v) is 3.72. The molecule has 0 saturated carbocycles. The first kappa shape index (κ1) is 16.8. The largest absolute Gasteiger partial charge is 0.488 e. The van der Waals surface area contributed by atoms with Crippen molar-refractivity contribution >= 4 is 0 Å². The highest BCUT2D eigenvalue weighted by atomic mass is 16.5. The summed E-state index contributed by atoms with van der Waals surface area (Å²) < 4.78 is 7.20. The molecule has 0 N–H and O–H groups in total. The summed E-state index contributed by atoms with van der Waals surface area (Å²) >= 11 is 0. The van der Waals surface area contributed by atoms with Crippen LogP contribution < -0.4 is 10.3 Å². The third kappa shape index (κ3) is 4.72. The van der Waals surface area contributed by atoms with Crippen LogP contribution in [0, 0.1) is 11.3 Å². The summed E-state index contributed by atoms with van der Waals surface area (Å²) in [6, 6.07) is 13.0. The lowest BCUT2D eigenvalue weighted by molar-refractivity contribution is 0.299. The van der Waals surface area contributed by atoms with E-state index in [0.29, 0.717) is 24.5 Å². The van der Waals surface area contributed by atoms with Crippen LogP contribution in [-0.4, -0.2) is 11.2 Å². The van der Waals surface area contributed by atoms with Gasteiger partial charge >= 0.3 is 0 Å². The smallest absolute Gasteiger partial charge is 0.293 e. The molecular weight excluding hydrogens is 288 g/mol. The summed E-state index contributed by atoms with van der Waals surface area (Å²) in [6.07, 6.45) is 6.16. The fourth-order valence-corrected chi connectivity index (χ4v) is 2.41. The molecule has 4 nitrogen and oxygen atoms in total. The van der Waals surface area contributed by atoms with Gasteiger partial charge in [0.1, 0.15) is 0 Å². The molecule has 0 atom stereocenters. The van der Waals surface area contributed by atoms with Crippen molar-refractivity contribution in [2.24, 2.45) is 0 Å². The lowest BCUT2D eigenvalue weighted by atomic mass is 10.1. The molecule has 4 heteroatoms. The summed E-state index contributed by atoms with van der Waals surface area (Å²) in [5.41, 5.74) is 1.26. The summed E-state index contributed by atoms with van der Waals surface area (Å²) in [7, 11) is 0. The van der Waals surface area contributed by atoms with Crippen LogP contribution in [-0.2, 0) is 6.54 Å². The second-order valence-electron chi connectivity index (χ2n) is 5.48. The number of hydrogen-bond acceptors (Lipinski definition) is 3. The van der Waals surface area contributed by atoms with Crippen LogP contribution in [0.25, 0.3) is 0 Å². The molecule has 1 heterocycles. The van der Waals surface area contributed by atoms with E-state index in [2.05, 4.69) is 13.0 Å². The van der Waals surface area contributed by atoms with Crippen LogP contribution in [0.5, 0.6) is 5.75 Å². The van der Waals surface area contributed by atoms with Crippen molar-refractivity contribution < 1.29 is 4.74 Å². The second-order valence-corrected chi connectivity index (χ2v) is 5.48. The number of ether oxygens (including phenoxy) is 1. The van der Waals surface area contributed by atoms with E-state index in [4.69, 9.17) is 10.00 Å². The maximum Gasteiger partial charge on any atom is 0.293 e. The molecule has 0 saturated heterocycles. The van der Waals surface area contributed by atoms with Gasteiger partial charge < -0.3 is 9.30 Å². The average molecular weight is 310 g/mol. The topological polar surface area (TPSA) is 55.0 Å². The molecule has 0 amide bonds. The van der Waals surface area contributed by atoms with Gasteiger partial charge in [-0.2, -0.15) is 5.26 Å². The highest BCUT2D eigenvalue weighted by Gasteiger charge is 2.07. The molecule has 120 valence electrons. The van der Waals surface area contributed by atoms with Gasteiger partial charge in [-0.25, -0.2) is 0 Å². The Morgan fingerprint density at radius 3 is 2.74 bits per heavy atom. The van der Waals surface area contributed by atoms with Gasteiger partial charge in [0.15, 0.2) is 5.75 Å². The summed E-state index contributed by atoms with van der Waals surface area (Å²) in [5.74, 6) is 0.374. The van der Waals surface area contributed by atoms with E-state index in [1.54, 1.807) is 29.0 Å². The van der Waals surface area contributed by atoms with Gasteiger partial charge in [0.2, 0.25) is 0 Å². The molecule has 0 aliphatic heterocycles. The van der Waals surface area contributed by atoms with Crippen molar-refractivity contribution in [3.8, 4) is 11.8 Å². The first-order valence-corrected chi connectivity index (χ1v) is 8.06. The Bertz CT molecular complexity index is 729. The summed E-state index contributed by atoms with van der Waals surface area (Å²) in [6.45, 7) is 3.10. The van der Waals surface area contributed by atoms with Crippen LogP contribution in [0.2, 0.25) is 0 Å². The SMILES string of the molecule is CCCCCCOc1cccn(Cc2ccccc2C#N)c1=O. The van der Waals surface area contributed by atoms with Crippen molar-refractivity contribution in [2.75, 3.05) is 6.61 Å². The Balaban J connectivity index is 2.08. The Kier molecular flexibility index (Phi) is 6.43. The lowest BCUT2D eigenvalue weighted by Crippen LogP contribution is -2.22. The minimum atomic E-state index is -0.157. The summed E-state index contributed by atoms with van der Waals surface area (Å²) in [4.78, 5) is 12.4. The molecule has 0 aliphatic carbocycles. The molecule has 1 aromatic carbocycles. The quantitative estimate of drug-likeness (QED) is 0.698. The van der Waals surface area contributed by atoms with Crippen molar-refractivity contribution in [2.45, 2.75) is 39.2 Å². The highest BCUT2D eigenvalue weighted by Crippen LogP contribution is 2.10. The van der Waals surface area contributed by atoms with Crippen molar-refractivity contribution in [3.63, 3.8) is 0 Å². The van der Waals surface area contributed by atoms with E-state index >= 15 is 0 Å². The molecule has 0 fully saturated rings. The van der Waals surface area contributed by atoms with Gasteiger partial charge in [-0.15, -0.1) is 0 Å². The van der Waals surface area contributed by atoms with Gasteiger partial charge in [-0.1, -0.05) is 44.4 Å². The molecule has 23 heavy (non-hydrogen) atoms. The number of pyridine rings is 1. The molecule has 0 bridgehead atoms. The standard InChI is InChI=1S/C19H22N2O2/c1-2-3-4-7-13-23-18-11-8-12-21(19(18)22)15-17-10-6-5-9-16(17)14-20/h5-6,8-12H,2-4,7,13,15H2,1H3. The van der Waals surface area contributed by atoms with Crippen molar-refractivity contribution in [1.82, 2.24) is 4.57 Å². The summed E-state index contributed by atoms with van der Waals surface area (Å²) in [5, 5.41) is 9.15. The van der Waals surface area contributed by atoms with E-state index in [9.17, 15) is 4.79 Å². The molecule has 0 radical (unpaired) electrons. The molecule has 2 rings (SSSR count). The van der Waals surface area contributed by atoms with Crippen LogP contribution in [0.1, 0.15) is 43.7 Å². The van der Waals surface area contributed by atoms with Gasteiger partial charge in [-0.05, 0) is 30.2 Å². The van der Waals surface area contributed by atoms with E-state index in [1.165, 1.54) is 12.8 Å². The zero-order chi connectivity index (χ0) is 16.5. The lowest BCUT2D eigenvalue weighted by Gasteiger charge is -2.10. The number of unbranched alkanes of at least 4 members (excludes halogenated alkanes) is 3. The first-order chi connectivity index (χ1) is 11.3. The number of benzene rings is 1. The number of rotatable bonds is 8. The number of hydrogen-bond donors (Lipinski definition) is 0. The van der Waals surface area contributed by atoms with Crippen LogP contribution in [0.3, 0.4) is 0 Å². The van der Waals surface area contributed by atoms with Gasteiger partial charge in [0.25, 0.3) is 5.56 Å². The van der Waals surface area contributed by atoms with Crippen molar-refractivity contribution in [3.05, 3.63) is 64.1 Å². The molecule has 0 spiro atoms. The Hall–Kier alpha value is -2.54. The molecular formula is C19H22N2O2. The number of aromatic nitrogens is 1. The number of nitrogens with zero attached hydrogens (tertiary/aromatic N) is 2. The zero-order valence-electron chi connectivity index (χ0n) is 13.5. The van der Waals surface area contributed by atoms with Crippen LogP contribution in [0.15, 0.2) is 47.4 Å². The fraction of sp³-hybridized carbons (Fsp3) is 0.368. The minimum Gasteiger partial charge on any atom is -0.488 e. The predicted molar refractivity (Wildman–Crippen MR) is 90.6 cm³/mol. The average Bonchev–Trinajstić information content (AvgIpc) is 2.58. The maximum atomic E-state index is 12.4.